The standard InChI is InChI=1S/C13H20BN3O2/c1-10(2)11-5-6-13(12(9-11)14(18)19)15-16-17-7-3-4-8-17/h5-6,9-10,18-19H,3-4,7-8H2,1-2H3. The quantitative estimate of drug-likeness (QED) is 0.638. The maximum Gasteiger partial charge on any atom is 0.490 e. The molecular formula is C13H20BN3O2. The highest BCUT2D eigenvalue weighted by molar-refractivity contribution is 6.60. The molecule has 0 atom stereocenters. The highest BCUT2D eigenvalue weighted by Crippen LogP contribution is 2.19. The highest BCUT2D eigenvalue weighted by Gasteiger charge is 2.18. The molecule has 1 saturated heterocycles. The normalized spacial score (nSPS) is 15.7. The second-order valence-electron chi connectivity index (χ2n) is 5.20. The van der Waals surface area contributed by atoms with Crippen molar-refractivity contribution in [2.75, 3.05) is 13.1 Å². The molecule has 2 rings (SSSR count). The van der Waals surface area contributed by atoms with Crippen LogP contribution in [0.3, 0.4) is 0 Å². The summed E-state index contributed by atoms with van der Waals surface area (Å²) in [4.78, 5) is 0. The van der Waals surface area contributed by atoms with Crippen molar-refractivity contribution >= 4 is 18.3 Å². The molecule has 1 aliphatic rings. The van der Waals surface area contributed by atoms with Gasteiger partial charge in [0, 0.05) is 18.6 Å². The predicted octanol–water partition coefficient (Wildman–Crippen LogP) is 1.58. The summed E-state index contributed by atoms with van der Waals surface area (Å²) in [7, 11) is -1.52. The minimum absolute atomic E-state index is 0.335. The van der Waals surface area contributed by atoms with Gasteiger partial charge in [-0.3, -0.25) is 5.01 Å². The van der Waals surface area contributed by atoms with Crippen LogP contribution in [0.5, 0.6) is 0 Å². The molecule has 19 heavy (non-hydrogen) atoms. The maximum atomic E-state index is 9.44. The van der Waals surface area contributed by atoms with Crippen molar-refractivity contribution in [3.63, 3.8) is 0 Å². The molecule has 2 N–H and O–H groups in total. The SMILES string of the molecule is CC(C)c1ccc(N=NN2CCCC2)c(B(O)O)c1. The fourth-order valence-electron chi connectivity index (χ4n) is 2.13. The van der Waals surface area contributed by atoms with Crippen molar-refractivity contribution in [2.45, 2.75) is 32.6 Å². The summed E-state index contributed by atoms with van der Waals surface area (Å²) >= 11 is 0. The second kappa shape index (κ2) is 6.17. The van der Waals surface area contributed by atoms with E-state index in [2.05, 4.69) is 24.2 Å². The minimum atomic E-state index is -1.52. The van der Waals surface area contributed by atoms with Crippen LogP contribution in [0, 0.1) is 0 Å². The van der Waals surface area contributed by atoms with Gasteiger partial charge in [-0.1, -0.05) is 31.2 Å². The molecule has 0 spiro atoms. The molecule has 0 amide bonds. The first-order chi connectivity index (χ1) is 9.08. The predicted molar refractivity (Wildman–Crippen MR) is 75.7 cm³/mol. The summed E-state index contributed by atoms with van der Waals surface area (Å²) in [6, 6.07) is 5.53. The summed E-state index contributed by atoms with van der Waals surface area (Å²) in [5, 5.41) is 29.1. The maximum absolute atomic E-state index is 9.44. The molecular weight excluding hydrogens is 241 g/mol. The van der Waals surface area contributed by atoms with Crippen molar-refractivity contribution in [3.8, 4) is 0 Å². The Morgan fingerprint density at radius 3 is 2.47 bits per heavy atom. The van der Waals surface area contributed by atoms with E-state index in [0.717, 1.165) is 31.5 Å². The lowest BCUT2D eigenvalue weighted by Gasteiger charge is -2.11. The zero-order chi connectivity index (χ0) is 13.8. The fraction of sp³-hybridized carbons (Fsp3) is 0.538. The first-order valence-corrected chi connectivity index (χ1v) is 6.74. The molecule has 5 nitrogen and oxygen atoms in total. The highest BCUT2D eigenvalue weighted by atomic mass is 16.4. The molecule has 0 aromatic heterocycles. The summed E-state index contributed by atoms with van der Waals surface area (Å²) < 4.78 is 0. The van der Waals surface area contributed by atoms with Gasteiger partial charge in [0.1, 0.15) is 0 Å². The van der Waals surface area contributed by atoms with Crippen molar-refractivity contribution in [1.29, 1.82) is 0 Å². The van der Waals surface area contributed by atoms with Gasteiger partial charge in [0.2, 0.25) is 0 Å². The van der Waals surface area contributed by atoms with Gasteiger partial charge in [0.15, 0.2) is 0 Å². The van der Waals surface area contributed by atoms with E-state index in [1.54, 1.807) is 12.1 Å². The Balaban J connectivity index is 2.23. The lowest BCUT2D eigenvalue weighted by Crippen LogP contribution is -2.30. The molecule has 0 bridgehead atoms. The van der Waals surface area contributed by atoms with Crippen LogP contribution in [0.1, 0.15) is 38.2 Å². The van der Waals surface area contributed by atoms with Crippen molar-refractivity contribution in [2.24, 2.45) is 10.3 Å². The molecule has 0 radical (unpaired) electrons. The smallest absolute Gasteiger partial charge is 0.423 e. The van der Waals surface area contributed by atoms with Crippen molar-refractivity contribution in [3.05, 3.63) is 23.8 Å². The molecule has 1 fully saturated rings. The van der Waals surface area contributed by atoms with Gasteiger partial charge in [0.05, 0.1) is 5.69 Å². The Morgan fingerprint density at radius 1 is 1.21 bits per heavy atom. The third-order valence-corrected chi connectivity index (χ3v) is 3.36. The average molecular weight is 261 g/mol. The number of rotatable bonds is 4. The van der Waals surface area contributed by atoms with Crippen molar-refractivity contribution < 1.29 is 10.0 Å². The summed E-state index contributed by atoms with van der Waals surface area (Å²) in [5.74, 6) is 0.335. The van der Waals surface area contributed by atoms with E-state index >= 15 is 0 Å². The summed E-state index contributed by atoms with van der Waals surface area (Å²) in [5.41, 5.74) is 1.99. The Morgan fingerprint density at radius 2 is 1.89 bits per heavy atom. The van der Waals surface area contributed by atoms with E-state index in [1.165, 1.54) is 0 Å². The number of nitrogens with zero attached hydrogens (tertiary/aromatic N) is 3. The Kier molecular flexibility index (Phi) is 4.55. The molecule has 1 aromatic rings. The van der Waals surface area contributed by atoms with Crippen LogP contribution in [0.15, 0.2) is 28.5 Å². The minimum Gasteiger partial charge on any atom is -0.423 e. The van der Waals surface area contributed by atoms with Gasteiger partial charge in [0.25, 0.3) is 0 Å². The van der Waals surface area contributed by atoms with Gasteiger partial charge in [-0.15, -0.1) is 5.11 Å². The lowest BCUT2D eigenvalue weighted by molar-refractivity contribution is 0.336. The van der Waals surface area contributed by atoms with Crippen molar-refractivity contribution in [1.82, 2.24) is 5.01 Å². The fourth-order valence-corrected chi connectivity index (χ4v) is 2.13. The zero-order valence-corrected chi connectivity index (χ0v) is 11.5. The lowest BCUT2D eigenvalue weighted by atomic mass is 9.77. The second-order valence-corrected chi connectivity index (χ2v) is 5.20. The summed E-state index contributed by atoms with van der Waals surface area (Å²) in [6.07, 6.45) is 2.28. The molecule has 0 saturated carbocycles. The topological polar surface area (TPSA) is 68.4 Å². The van der Waals surface area contributed by atoms with Gasteiger partial charge in [-0.25, -0.2) is 0 Å². The van der Waals surface area contributed by atoms with Crippen LogP contribution in [0.2, 0.25) is 0 Å². The number of hydrogen-bond acceptors (Lipinski definition) is 4. The monoisotopic (exact) mass is 261 g/mol. The number of hydrogen-bond donors (Lipinski definition) is 2. The average Bonchev–Trinajstić information content (AvgIpc) is 2.89. The largest absolute Gasteiger partial charge is 0.490 e. The first kappa shape index (κ1) is 14.0. The van der Waals surface area contributed by atoms with E-state index in [-0.39, 0.29) is 0 Å². The van der Waals surface area contributed by atoms with E-state index in [0.29, 0.717) is 17.1 Å². The molecule has 0 unspecified atom stereocenters. The summed E-state index contributed by atoms with van der Waals surface area (Å²) in [6.45, 7) is 5.97. The third kappa shape index (κ3) is 3.55. The van der Waals surface area contributed by atoms with E-state index in [4.69, 9.17) is 0 Å². The Bertz CT molecular complexity index is 457. The van der Waals surface area contributed by atoms with Gasteiger partial charge in [-0.2, -0.15) is 0 Å². The zero-order valence-electron chi connectivity index (χ0n) is 11.5. The number of benzene rings is 1. The third-order valence-electron chi connectivity index (χ3n) is 3.36. The molecule has 1 aromatic carbocycles. The molecule has 0 aliphatic carbocycles. The van der Waals surface area contributed by atoms with E-state index in [1.807, 2.05) is 11.1 Å². The first-order valence-electron chi connectivity index (χ1n) is 6.74. The van der Waals surface area contributed by atoms with Crippen LogP contribution < -0.4 is 5.46 Å². The van der Waals surface area contributed by atoms with Crippen LogP contribution in [-0.4, -0.2) is 35.3 Å². The molecule has 1 heterocycles. The van der Waals surface area contributed by atoms with Crippen LogP contribution in [0.25, 0.3) is 0 Å². The molecule has 6 heteroatoms. The van der Waals surface area contributed by atoms with Gasteiger partial charge in [-0.05, 0) is 30.4 Å². The van der Waals surface area contributed by atoms with E-state index < -0.39 is 7.12 Å². The van der Waals surface area contributed by atoms with Crippen LogP contribution >= 0.6 is 0 Å². The Labute approximate surface area is 114 Å². The van der Waals surface area contributed by atoms with Crippen LogP contribution in [0.4, 0.5) is 5.69 Å². The van der Waals surface area contributed by atoms with Gasteiger partial charge < -0.3 is 10.0 Å². The molecule has 102 valence electrons. The van der Waals surface area contributed by atoms with Crippen LogP contribution in [-0.2, 0) is 0 Å². The van der Waals surface area contributed by atoms with E-state index in [9.17, 15) is 10.0 Å². The Hall–Kier alpha value is -1.40. The molecule has 1 aliphatic heterocycles. The van der Waals surface area contributed by atoms with Gasteiger partial charge >= 0.3 is 7.12 Å².